The number of amides is 3. The lowest BCUT2D eigenvalue weighted by molar-refractivity contribution is -0.143. The van der Waals surface area contributed by atoms with Gasteiger partial charge in [-0.2, -0.15) is 0 Å². The Bertz CT molecular complexity index is 1080. The lowest BCUT2D eigenvalue weighted by Crippen LogP contribution is -2.59. The van der Waals surface area contributed by atoms with Crippen molar-refractivity contribution in [3.63, 3.8) is 0 Å². The van der Waals surface area contributed by atoms with Gasteiger partial charge in [0.15, 0.2) is 0 Å². The molecule has 0 aromatic heterocycles. The molecule has 0 heterocycles. The summed E-state index contributed by atoms with van der Waals surface area (Å²) in [6.45, 7) is 7.43. The van der Waals surface area contributed by atoms with Crippen molar-refractivity contribution in [2.24, 2.45) is 17.6 Å². The van der Waals surface area contributed by atoms with Gasteiger partial charge in [-0.25, -0.2) is 4.79 Å². The number of hydrogen-bond acceptors (Lipinski definition) is 5. The first-order valence-electron chi connectivity index (χ1n) is 13.5. The highest BCUT2D eigenvalue weighted by Gasteiger charge is 2.33. The summed E-state index contributed by atoms with van der Waals surface area (Å²) >= 11 is 0. The molecule has 3 amide bonds. The Morgan fingerprint density at radius 3 is 1.74 bits per heavy atom. The topological polar surface area (TPSA) is 151 Å². The lowest BCUT2D eigenvalue weighted by Gasteiger charge is -2.28. The van der Waals surface area contributed by atoms with Gasteiger partial charge in [0.2, 0.25) is 17.7 Å². The van der Waals surface area contributed by atoms with Crippen molar-refractivity contribution in [2.75, 3.05) is 0 Å². The number of nitrogens with one attached hydrogen (secondary N) is 3. The van der Waals surface area contributed by atoms with Crippen LogP contribution in [0.5, 0.6) is 0 Å². The minimum atomic E-state index is -1.13. The Morgan fingerprint density at radius 2 is 1.26 bits per heavy atom. The molecule has 0 bridgehead atoms. The maximum absolute atomic E-state index is 13.5. The Morgan fingerprint density at radius 1 is 0.744 bits per heavy atom. The summed E-state index contributed by atoms with van der Waals surface area (Å²) in [6, 6.07) is 14.6. The van der Waals surface area contributed by atoms with Gasteiger partial charge in [-0.15, -0.1) is 0 Å². The summed E-state index contributed by atoms with van der Waals surface area (Å²) in [5.74, 6) is -2.97. The summed E-state index contributed by atoms with van der Waals surface area (Å²) in [7, 11) is 0. The van der Waals surface area contributed by atoms with E-state index < -0.39 is 47.9 Å². The highest BCUT2D eigenvalue weighted by atomic mass is 16.4. The summed E-state index contributed by atoms with van der Waals surface area (Å²) in [4.78, 5) is 51.5. The van der Waals surface area contributed by atoms with E-state index in [-0.39, 0.29) is 24.7 Å². The van der Waals surface area contributed by atoms with E-state index in [0.29, 0.717) is 12.8 Å². The smallest absolute Gasteiger partial charge is 0.326 e. The molecule has 2 aromatic carbocycles. The van der Waals surface area contributed by atoms with Gasteiger partial charge in [-0.3, -0.25) is 14.4 Å². The van der Waals surface area contributed by atoms with Gasteiger partial charge >= 0.3 is 5.97 Å². The van der Waals surface area contributed by atoms with Crippen LogP contribution in [0, 0.1) is 11.8 Å². The van der Waals surface area contributed by atoms with Crippen molar-refractivity contribution in [3.05, 3.63) is 71.8 Å². The number of hydrogen-bond donors (Lipinski definition) is 5. The third-order valence-electron chi connectivity index (χ3n) is 6.67. The third kappa shape index (κ3) is 10.5. The molecule has 5 atom stereocenters. The number of carboxylic acids is 1. The molecule has 0 aliphatic rings. The second kappa shape index (κ2) is 15.6. The van der Waals surface area contributed by atoms with Crippen LogP contribution in [0.3, 0.4) is 0 Å². The fourth-order valence-electron chi connectivity index (χ4n) is 4.21. The molecular formula is C30H42N4O5. The van der Waals surface area contributed by atoms with Crippen LogP contribution in [0.25, 0.3) is 0 Å². The van der Waals surface area contributed by atoms with Crippen LogP contribution >= 0.6 is 0 Å². The van der Waals surface area contributed by atoms with Gasteiger partial charge in [0.25, 0.3) is 0 Å². The third-order valence-corrected chi connectivity index (χ3v) is 6.67. The fraction of sp³-hybridized carbons (Fsp3) is 0.467. The van der Waals surface area contributed by atoms with Gasteiger partial charge in [0.1, 0.15) is 18.1 Å². The van der Waals surface area contributed by atoms with E-state index in [1.54, 1.807) is 0 Å². The van der Waals surface area contributed by atoms with Crippen LogP contribution in [0.15, 0.2) is 60.7 Å². The molecule has 9 nitrogen and oxygen atoms in total. The molecule has 0 aliphatic carbocycles. The molecular weight excluding hydrogens is 496 g/mol. The van der Waals surface area contributed by atoms with E-state index in [0.717, 1.165) is 11.1 Å². The van der Waals surface area contributed by atoms with E-state index in [2.05, 4.69) is 16.0 Å². The van der Waals surface area contributed by atoms with Crippen LogP contribution in [0.1, 0.15) is 51.7 Å². The number of rotatable bonds is 15. The minimum Gasteiger partial charge on any atom is -0.480 e. The molecule has 5 unspecified atom stereocenters. The summed E-state index contributed by atoms with van der Waals surface area (Å²) in [6.07, 6.45) is 1.32. The lowest BCUT2D eigenvalue weighted by atomic mass is 9.96. The predicted molar refractivity (Wildman–Crippen MR) is 151 cm³/mol. The molecule has 0 radical (unpaired) electrons. The second-order valence-electron chi connectivity index (χ2n) is 10.4. The maximum Gasteiger partial charge on any atom is 0.326 e. The average molecular weight is 539 g/mol. The number of nitrogens with two attached hydrogens (primary N) is 1. The normalized spacial score (nSPS) is 14.9. The standard InChI is InChI=1S/C30H42N4O5/c1-5-20(4)26(29(37)33-25(30(38)39)16-19(2)3)34-28(36)24(18-22-14-10-7-11-15-22)32-27(35)23(31)17-21-12-8-6-9-13-21/h6-15,19-20,23-26H,5,16-18,31H2,1-4H3,(H,32,35)(H,33,37)(H,34,36)(H,38,39). The number of aliphatic carboxylic acids is 1. The maximum atomic E-state index is 13.5. The number of carbonyl (C=O) groups excluding carboxylic acids is 3. The molecule has 212 valence electrons. The average Bonchev–Trinajstić information content (AvgIpc) is 2.91. The first kappa shape index (κ1) is 31.5. The Kier molecular flexibility index (Phi) is 12.6. The monoisotopic (exact) mass is 538 g/mol. The molecule has 0 spiro atoms. The first-order valence-corrected chi connectivity index (χ1v) is 13.5. The zero-order valence-electron chi connectivity index (χ0n) is 23.2. The van der Waals surface area contributed by atoms with Gasteiger partial charge in [0, 0.05) is 6.42 Å². The molecule has 39 heavy (non-hydrogen) atoms. The predicted octanol–water partition coefficient (Wildman–Crippen LogP) is 2.43. The van der Waals surface area contributed by atoms with E-state index in [1.807, 2.05) is 88.4 Å². The molecule has 0 aliphatic heterocycles. The van der Waals surface area contributed by atoms with E-state index >= 15 is 0 Å². The van der Waals surface area contributed by atoms with Gasteiger partial charge in [0.05, 0.1) is 6.04 Å². The number of benzene rings is 2. The highest BCUT2D eigenvalue weighted by molar-refractivity contribution is 5.94. The van der Waals surface area contributed by atoms with Crippen molar-refractivity contribution in [3.8, 4) is 0 Å². The van der Waals surface area contributed by atoms with Crippen LogP contribution in [0.4, 0.5) is 0 Å². The Balaban J connectivity index is 2.22. The summed E-state index contributed by atoms with van der Waals surface area (Å²) in [5, 5.41) is 17.7. The first-order chi connectivity index (χ1) is 18.5. The molecule has 0 saturated carbocycles. The SMILES string of the molecule is CCC(C)C(NC(=O)C(Cc1ccccc1)NC(=O)C(N)Cc1ccccc1)C(=O)NC(CC(C)C)C(=O)O. The molecule has 6 N–H and O–H groups in total. The van der Waals surface area contributed by atoms with E-state index in [4.69, 9.17) is 5.73 Å². The van der Waals surface area contributed by atoms with E-state index in [9.17, 15) is 24.3 Å². The Hall–Kier alpha value is -3.72. The van der Waals surface area contributed by atoms with Crippen LogP contribution < -0.4 is 21.7 Å². The van der Waals surface area contributed by atoms with Crippen LogP contribution in [0.2, 0.25) is 0 Å². The van der Waals surface area contributed by atoms with Crippen molar-refractivity contribution in [1.29, 1.82) is 0 Å². The molecule has 0 saturated heterocycles. The van der Waals surface area contributed by atoms with Crippen molar-refractivity contribution in [2.45, 2.75) is 77.5 Å². The van der Waals surface area contributed by atoms with Gasteiger partial charge in [-0.05, 0) is 35.8 Å². The van der Waals surface area contributed by atoms with Gasteiger partial charge in [-0.1, -0.05) is 94.8 Å². The Labute approximate surface area is 230 Å². The number of carbonyl (C=O) groups is 4. The molecule has 2 aromatic rings. The van der Waals surface area contributed by atoms with Crippen molar-refractivity contribution in [1.82, 2.24) is 16.0 Å². The molecule has 9 heteroatoms. The highest BCUT2D eigenvalue weighted by Crippen LogP contribution is 2.12. The van der Waals surface area contributed by atoms with Crippen LogP contribution in [-0.2, 0) is 32.0 Å². The fourth-order valence-corrected chi connectivity index (χ4v) is 4.21. The summed E-state index contributed by atoms with van der Waals surface area (Å²) < 4.78 is 0. The van der Waals surface area contributed by atoms with Crippen molar-refractivity contribution >= 4 is 23.7 Å². The second-order valence-corrected chi connectivity index (χ2v) is 10.4. The van der Waals surface area contributed by atoms with Gasteiger partial charge < -0.3 is 26.8 Å². The molecule has 2 rings (SSSR count). The van der Waals surface area contributed by atoms with E-state index in [1.165, 1.54) is 0 Å². The van der Waals surface area contributed by atoms with Crippen molar-refractivity contribution < 1.29 is 24.3 Å². The zero-order valence-corrected chi connectivity index (χ0v) is 23.2. The minimum absolute atomic E-state index is 0.0496. The number of carboxylic acid groups (broad SMARTS) is 1. The largest absolute Gasteiger partial charge is 0.480 e. The zero-order chi connectivity index (χ0) is 28.9. The summed E-state index contributed by atoms with van der Waals surface area (Å²) in [5.41, 5.74) is 7.89. The molecule has 0 fully saturated rings. The van der Waals surface area contributed by atoms with Crippen LogP contribution in [-0.4, -0.2) is 53.0 Å². The quantitative estimate of drug-likeness (QED) is 0.235.